The van der Waals surface area contributed by atoms with E-state index in [1.807, 2.05) is 5.38 Å². The van der Waals surface area contributed by atoms with E-state index in [9.17, 15) is 4.79 Å². The first-order chi connectivity index (χ1) is 11.7. The first-order valence-electron chi connectivity index (χ1n) is 7.62. The first kappa shape index (κ1) is 16.2. The number of benzene rings is 2. The molecule has 0 saturated heterocycles. The van der Waals surface area contributed by atoms with Crippen molar-refractivity contribution < 1.29 is 9.53 Å². The molecule has 122 valence electrons. The summed E-state index contributed by atoms with van der Waals surface area (Å²) in [6.07, 6.45) is 0. The minimum Gasteiger partial charge on any atom is -0.486 e. The van der Waals surface area contributed by atoms with Gasteiger partial charge in [0, 0.05) is 23.6 Å². The van der Waals surface area contributed by atoms with E-state index in [1.54, 1.807) is 42.6 Å². The molecule has 0 spiro atoms. The van der Waals surface area contributed by atoms with Crippen LogP contribution in [0.3, 0.4) is 0 Å². The summed E-state index contributed by atoms with van der Waals surface area (Å²) in [5.41, 5.74) is 3.92. The number of aromatic nitrogens is 1. The molecule has 1 N–H and O–H groups in total. The summed E-state index contributed by atoms with van der Waals surface area (Å²) in [6, 6.07) is 15.4. The number of thiazole rings is 1. The highest BCUT2D eigenvalue weighted by molar-refractivity contribution is 7.09. The van der Waals surface area contributed by atoms with Crippen LogP contribution in [0.25, 0.3) is 11.3 Å². The predicted octanol–water partition coefficient (Wildman–Crippen LogP) is 4.06. The number of ether oxygens (including phenoxy) is 1. The maximum absolute atomic E-state index is 11.5. The van der Waals surface area contributed by atoms with Crippen molar-refractivity contribution in [2.24, 2.45) is 0 Å². The number of aryl methyl sites for hydroxylation is 1. The number of hydrogen-bond acceptors (Lipinski definition) is 4. The molecule has 0 saturated carbocycles. The Bertz CT molecular complexity index is 823. The van der Waals surface area contributed by atoms with Crippen molar-refractivity contribution in [3.05, 3.63) is 70.0 Å². The van der Waals surface area contributed by atoms with Gasteiger partial charge in [0.05, 0.1) is 5.69 Å². The van der Waals surface area contributed by atoms with Crippen LogP contribution in [0.4, 0.5) is 0 Å². The number of amides is 1. The Morgan fingerprint density at radius 1 is 1.12 bits per heavy atom. The van der Waals surface area contributed by atoms with Gasteiger partial charge in [0.1, 0.15) is 17.4 Å². The Morgan fingerprint density at radius 2 is 1.83 bits per heavy atom. The van der Waals surface area contributed by atoms with Crippen molar-refractivity contribution in [2.75, 3.05) is 7.05 Å². The highest BCUT2D eigenvalue weighted by Crippen LogP contribution is 2.23. The molecule has 1 amide bonds. The summed E-state index contributed by atoms with van der Waals surface area (Å²) in [5.74, 6) is 0.610. The van der Waals surface area contributed by atoms with Gasteiger partial charge in [0.2, 0.25) is 0 Å². The van der Waals surface area contributed by atoms with E-state index in [0.29, 0.717) is 12.2 Å². The number of hydrogen-bond donors (Lipinski definition) is 1. The molecule has 0 radical (unpaired) electrons. The summed E-state index contributed by atoms with van der Waals surface area (Å²) in [5, 5.41) is 5.55. The minimum atomic E-state index is -0.107. The van der Waals surface area contributed by atoms with Gasteiger partial charge in [0.25, 0.3) is 5.91 Å². The summed E-state index contributed by atoms with van der Waals surface area (Å²) >= 11 is 1.58. The van der Waals surface area contributed by atoms with Crippen LogP contribution in [0.2, 0.25) is 0 Å². The Morgan fingerprint density at radius 3 is 2.50 bits per heavy atom. The molecular formula is C19H18N2O2S. The highest BCUT2D eigenvalue weighted by atomic mass is 32.1. The van der Waals surface area contributed by atoms with E-state index in [1.165, 1.54) is 5.56 Å². The highest BCUT2D eigenvalue weighted by Gasteiger charge is 2.06. The Labute approximate surface area is 145 Å². The van der Waals surface area contributed by atoms with Crippen LogP contribution in [0.15, 0.2) is 53.9 Å². The molecule has 0 fully saturated rings. The van der Waals surface area contributed by atoms with Crippen LogP contribution in [-0.2, 0) is 6.61 Å². The van der Waals surface area contributed by atoms with Crippen molar-refractivity contribution in [1.29, 1.82) is 0 Å². The third-order valence-electron chi connectivity index (χ3n) is 3.60. The van der Waals surface area contributed by atoms with E-state index < -0.39 is 0 Å². The second-order valence-corrected chi connectivity index (χ2v) is 6.33. The molecule has 0 aliphatic carbocycles. The summed E-state index contributed by atoms with van der Waals surface area (Å²) in [7, 11) is 1.61. The number of nitrogens with zero attached hydrogens (tertiary/aromatic N) is 1. The number of carbonyl (C=O) groups excluding carboxylic acids is 1. The van der Waals surface area contributed by atoms with E-state index in [0.717, 1.165) is 22.0 Å². The number of nitrogens with one attached hydrogen (secondary N) is 1. The molecule has 3 rings (SSSR count). The van der Waals surface area contributed by atoms with Crippen LogP contribution in [0, 0.1) is 6.92 Å². The normalized spacial score (nSPS) is 10.4. The van der Waals surface area contributed by atoms with Gasteiger partial charge in [-0.1, -0.05) is 29.8 Å². The lowest BCUT2D eigenvalue weighted by Gasteiger charge is -2.05. The zero-order chi connectivity index (χ0) is 16.9. The van der Waals surface area contributed by atoms with Gasteiger partial charge in [-0.3, -0.25) is 4.79 Å². The van der Waals surface area contributed by atoms with Crippen LogP contribution < -0.4 is 10.1 Å². The summed E-state index contributed by atoms with van der Waals surface area (Å²) in [4.78, 5) is 16.1. The van der Waals surface area contributed by atoms with Gasteiger partial charge in [-0.05, 0) is 31.2 Å². The molecule has 4 nitrogen and oxygen atoms in total. The Hall–Kier alpha value is -2.66. The summed E-state index contributed by atoms with van der Waals surface area (Å²) < 4.78 is 5.74. The molecule has 24 heavy (non-hydrogen) atoms. The first-order valence-corrected chi connectivity index (χ1v) is 8.50. The summed E-state index contributed by atoms with van der Waals surface area (Å²) in [6.45, 7) is 2.48. The number of rotatable bonds is 5. The van der Waals surface area contributed by atoms with Gasteiger partial charge in [-0.15, -0.1) is 11.3 Å². The fourth-order valence-electron chi connectivity index (χ4n) is 2.23. The lowest BCUT2D eigenvalue weighted by molar-refractivity contribution is 0.0963. The van der Waals surface area contributed by atoms with E-state index in [4.69, 9.17) is 4.74 Å². The molecule has 3 aromatic rings. The molecule has 0 atom stereocenters. The van der Waals surface area contributed by atoms with Gasteiger partial charge < -0.3 is 10.1 Å². The molecule has 0 aliphatic heterocycles. The van der Waals surface area contributed by atoms with Crippen LogP contribution >= 0.6 is 11.3 Å². The van der Waals surface area contributed by atoms with Crippen LogP contribution in [0.1, 0.15) is 20.9 Å². The molecule has 0 bridgehead atoms. The second kappa shape index (κ2) is 7.27. The molecular weight excluding hydrogens is 320 g/mol. The van der Waals surface area contributed by atoms with E-state index in [2.05, 4.69) is 41.5 Å². The predicted molar refractivity (Wildman–Crippen MR) is 96.5 cm³/mol. The third-order valence-corrected chi connectivity index (χ3v) is 4.43. The lowest BCUT2D eigenvalue weighted by atomic mass is 10.1. The van der Waals surface area contributed by atoms with Crippen molar-refractivity contribution in [3.8, 4) is 17.0 Å². The van der Waals surface area contributed by atoms with Crippen molar-refractivity contribution in [1.82, 2.24) is 10.3 Å². The smallest absolute Gasteiger partial charge is 0.251 e. The van der Waals surface area contributed by atoms with Gasteiger partial charge in [0.15, 0.2) is 0 Å². The van der Waals surface area contributed by atoms with E-state index in [-0.39, 0.29) is 5.91 Å². The fraction of sp³-hybridized carbons (Fsp3) is 0.158. The van der Waals surface area contributed by atoms with E-state index >= 15 is 0 Å². The largest absolute Gasteiger partial charge is 0.486 e. The topological polar surface area (TPSA) is 51.2 Å². The van der Waals surface area contributed by atoms with Crippen molar-refractivity contribution in [3.63, 3.8) is 0 Å². The average molecular weight is 338 g/mol. The standard InChI is InChI=1S/C19H18N2O2S/c1-13-3-5-14(6-4-13)17-12-24-18(21-17)11-23-16-9-7-15(8-10-16)19(22)20-2/h3-10,12H,11H2,1-2H3,(H,20,22). The molecule has 2 aromatic carbocycles. The zero-order valence-corrected chi connectivity index (χ0v) is 14.4. The third kappa shape index (κ3) is 3.81. The SMILES string of the molecule is CNC(=O)c1ccc(OCc2nc(-c3ccc(C)cc3)cs2)cc1. The van der Waals surface area contributed by atoms with Gasteiger partial charge in [-0.2, -0.15) is 0 Å². The Balaban J connectivity index is 1.63. The second-order valence-electron chi connectivity index (χ2n) is 5.38. The van der Waals surface area contributed by atoms with Crippen LogP contribution in [-0.4, -0.2) is 17.9 Å². The zero-order valence-electron chi connectivity index (χ0n) is 13.6. The molecule has 5 heteroatoms. The lowest BCUT2D eigenvalue weighted by Crippen LogP contribution is -2.17. The number of carbonyl (C=O) groups is 1. The monoisotopic (exact) mass is 338 g/mol. The fourth-order valence-corrected chi connectivity index (χ4v) is 2.94. The molecule has 0 aliphatic rings. The maximum atomic E-state index is 11.5. The molecule has 1 aromatic heterocycles. The Kier molecular flexibility index (Phi) is 4.91. The minimum absolute atomic E-state index is 0.107. The van der Waals surface area contributed by atoms with Gasteiger partial charge >= 0.3 is 0 Å². The molecule has 0 unspecified atom stereocenters. The molecule has 1 heterocycles. The maximum Gasteiger partial charge on any atom is 0.251 e. The quantitative estimate of drug-likeness (QED) is 0.763. The van der Waals surface area contributed by atoms with Crippen molar-refractivity contribution in [2.45, 2.75) is 13.5 Å². The van der Waals surface area contributed by atoms with Crippen molar-refractivity contribution >= 4 is 17.2 Å². The van der Waals surface area contributed by atoms with Crippen LogP contribution in [0.5, 0.6) is 5.75 Å². The average Bonchev–Trinajstić information content (AvgIpc) is 3.09. The van der Waals surface area contributed by atoms with Gasteiger partial charge in [-0.25, -0.2) is 4.98 Å².